The molecule has 0 heterocycles. The van der Waals surface area contributed by atoms with Gasteiger partial charge in [0.2, 0.25) is 5.25 Å². The molecule has 1 unspecified atom stereocenters. The Bertz CT molecular complexity index is 234. The van der Waals surface area contributed by atoms with Gasteiger partial charge in [-0.1, -0.05) is 0 Å². The number of carbonyl (C=O) groups excluding carboxylic acids is 2. The Morgan fingerprint density at radius 3 is 2.36 bits per heavy atom. The van der Waals surface area contributed by atoms with E-state index in [4.69, 9.17) is 4.74 Å². The van der Waals surface area contributed by atoms with E-state index in [1.165, 1.54) is 13.0 Å². The maximum atomic E-state index is 11.4. The van der Waals surface area contributed by atoms with Crippen molar-refractivity contribution in [1.82, 2.24) is 0 Å². The minimum Gasteiger partial charge on any atom is -0.462 e. The quantitative estimate of drug-likeness (QED) is 0.391. The smallest absolute Gasteiger partial charge is 0.363 e. The van der Waals surface area contributed by atoms with Crippen molar-refractivity contribution in [2.75, 3.05) is 19.1 Å². The minimum absolute atomic E-state index is 0.0512. The molecule has 80 valence electrons. The normalized spacial score (nSPS) is 13.2. The van der Waals surface area contributed by atoms with Crippen LogP contribution in [0.1, 0.15) is 13.8 Å². The van der Waals surface area contributed by atoms with Crippen LogP contribution in [0.3, 0.4) is 0 Å². The van der Waals surface area contributed by atoms with Crippen molar-refractivity contribution < 1.29 is 14.3 Å². The summed E-state index contributed by atoms with van der Waals surface area (Å²) in [5.41, 5.74) is 0. The molecule has 0 bridgehead atoms. The van der Waals surface area contributed by atoms with Crippen molar-refractivity contribution in [2.45, 2.75) is 19.1 Å². The summed E-state index contributed by atoms with van der Waals surface area (Å²) in [6.45, 7) is 3.61. The SMILES string of the molecule is CCOC(=O)C(C=CC(C)=O)[S+](C)C. The summed E-state index contributed by atoms with van der Waals surface area (Å²) in [6, 6.07) is 0. The number of carbonyl (C=O) groups is 2. The lowest BCUT2D eigenvalue weighted by atomic mass is 10.3. The van der Waals surface area contributed by atoms with Crippen molar-refractivity contribution in [3.8, 4) is 0 Å². The molecule has 0 N–H and O–H groups in total. The monoisotopic (exact) mass is 217 g/mol. The molecule has 0 aliphatic heterocycles. The van der Waals surface area contributed by atoms with Crippen molar-refractivity contribution in [3.63, 3.8) is 0 Å². The highest BCUT2D eigenvalue weighted by Gasteiger charge is 2.28. The first-order valence-corrected chi connectivity index (χ1v) is 6.51. The third-order valence-electron chi connectivity index (χ3n) is 1.53. The molecular formula is C10H17O3S+. The van der Waals surface area contributed by atoms with Gasteiger partial charge in [0.15, 0.2) is 5.78 Å². The highest BCUT2D eigenvalue weighted by molar-refractivity contribution is 7.97. The summed E-state index contributed by atoms with van der Waals surface area (Å²) < 4.78 is 4.90. The second-order valence-corrected chi connectivity index (χ2v) is 5.29. The molecule has 0 saturated carbocycles. The van der Waals surface area contributed by atoms with Crippen LogP contribution < -0.4 is 0 Å². The molecule has 0 amide bonds. The first-order chi connectivity index (χ1) is 6.49. The third kappa shape index (κ3) is 5.07. The fourth-order valence-electron chi connectivity index (χ4n) is 0.875. The summed E-state index contributed by atoms with van der Waals surface area (Å²) in [5.74, 6) is -0.303. The van der Waals surface area contributed by atoms with E-state index >= 15 is 0 Å². The number of ketones is 1. The zero-order valence-electron chi connectivity index (χ0n) is 9.07. The second-order valence-electron chi connectivity index (χ2n) is 3.02. The van der Waals surface area contributed by atoms with E-state index in [2.05, 4.69) is 0 Å². The zero-order valence-corrected chi connectivity index (χ0v) is 9.89. The highest BCUT2D eigenvalue weighted by atomic mass is 32.2. The molecule has 3 nitrogen and oxygen atoms in total. The molecule has 0 saturated heterocycles. The number of ether oxygens (including phenoxy) is 1. The van der Waals surface area contributed by atoms with E-state index < -0.39 is 0 Å². The van der Waals surface area contributed by atoms with Gasteiger partial charge < -0.3 is 4.74 Å². The molecule has 0 rings (SSSR count). The fourth-order valence-corrected chi connectivity index (χ4v) is 1.72. The van der Waals surface area contributed by atoms with E-state index in [0.29, 0.717) is 6.61 Å². The van der Waals surface area contributed by atoms with Crippen LogP contribution in [-0.2, 0) is 25.2 Å². The lowest BCUT2D eigenvalue weighted by Gasteiger charge is -2.07. The fraction of sp³-hybridized carbons (Fsp3) is 0.600. The van der Waals surface area contributed by atoms with Crippen LogP contribution >= 0.6 is 0 Å². The molecular weight excluding hydrogens is 200 g/mol. The van der Waals surface area contributed by atoms with E-state index in [1.807, 2.05) is 12.5 Å². The third-order valence-corrected chi connectivity index (χ3v) is 2.90. The Kier molecular flexibility index (Phi) is 6.28. The van der Waals surface area contributed by atoms with E-state index in [0.717, 1.165) is 0 Å². The van der Waals surface area contributed by atoms with Crippen LogP contribution in [0.25, 0.3) is 0 Å². The number of esters is 1. The summed E-state index contributed by atoms with van der Waals surface area (Å²) in [7, 11) is -0.115. The molecule has 14 heavy (non-hydrogen) atoms. The lowest BCUT2D eigenvalue weighted by molar-refractivity contribution is -0.141. The number of hydrogen-bond donors (Lipinski definition) is 0. The highest BCUT2D eigenvalue weighted by Crippen LogP contribution is 2.05. The van der Waals surface area contributed by atoms with Gasteiger partial charge in [0.25, 0.3) is 0 Å². The first-order valence-electron chi connectivity index (χ1n) is 4.40. The van der Waals surface area contributed by atoms with Crippen LogP contribution in [0.5, 0.6) is 0 Å². The van der Waals surface area contributed by atoms with Gasteiger partial charge in [0, 0.05) is 0 Å². The predicted octanol–water partition coefficient (Wildman–Crippen LogP) is 0.941. The molecule has 0 aromatic heterocycles. The van der Waals surface area contributed by atoms with E-state index in [-0.39, 0.29) is 27.9 Å². The number of hydrogen-bond acceptors (Lipinski definition) is 3. The van der Waals surface area contributed by atoms with Gasteiger partial charge in [-0.3, -0.25) is 4.79 Å². The average molecular weight is 217 g/mol. The molecule has 0 aliphatic carbocycles. The second kappa shape index (κ2) is 6.65. The summed E-state index contributed by atoms with van der Waals surface area (Å²) in [6.07, 6.45) is 6.95. The maximum Gasteiger partial charge on any atom is 0.363 e. The minimum atomic E-state index is -0.293. The van der Waals surface area contributed by atoms with Crippen LogP contribution in [-0.4, -0.2) is 36.1 Å². The molecule has 0 aromatic rings. The van der Waals surface area contributed by atoms with Crippen molar-refractivity contribution in [2.24, 2.45) is 0 Å². The Labute approximate surface area is 87.9 Å². The summed E-state index contributed by atoms with van der Waals surface area (Å²) in [4.78, 5) is 22.1. The lowest BCUT2D eigenvalue weighted by Crippen LogP contribution is -2.29. The molecule has 0 radical (unpaired) electrons. The zero-order chi connectivity index (χ0) is 11.1. The van der Waals surface area contributed by atoms with Crippen LogP contribution in [0.4, 0.5) is 0 Å². The van der Waals surface area contributed by atoms with Crippen LogP contribution in [0, 0.1) is 0 Å². The van der Waals surface area contributed by atoms with Gasteiger partial charge in [-0.05, 0) is 36.9 Å². The van der Waals surface area contributed by atoms with Crippen LogP contribution in [0.15, 0.2) is 12.2 Å². The molecule has 0 fully saturated rings. The Balaban J connectivity index is 4.44. The van der Waals surface area contributed by atoms with Crippen molar-refractivity contribution >= 4 is 22.6 Å². The average Bonchev–Trinajstić information content (AvgIpc) is 2.03. The van der Waals surface area contributed by atoms with Gasteiger partial charge in [0.1, 0.15) is 0 Å². The first kappa shape index (κ1) is 13.2. The molecule has 4 heteroatoms. The topological polar surface area (TPSA) is 43.4 Å². The van der Waals surface area contributed by atoms with E-state index in [1.54, 1.807) is 13.0 Å². The van der Waals surface area contributed by atoms with Gasteiger partial charge in [-0.25, -0.2) is 4.79 Å². The Morgan fingerprint density at radius 1 is 1.43 bits per heavy atom. The summed E-state index contributed by atoms with van der Waals surface area (Å²) >= 11 is 0. The Morgan fingerprint density at radius 2 is 2.00 bits per heavy atom. The van der Waals surface area contributed by atoms with Crippen LogP contribution in [0.2, 0.25) is 0 Å². The largest absolute Gasteiger partial charge is 0.462 e. The molecule has 1 atom stereocenters. The van der Waals surface area contributed by atoms with Crippen molar-refractivity contribution in [1.29, 1.82) is 0 Å². The van der Waals surface area contributed by atoms with Gasteiger partial charge >= 0.3 is 5.97 Å². The predicted molar refractivity (Wildman–Crippen MR) is 59.5 cm³/mol. The van der Waals surface area contributed by atoms with Gasteiger partial charge in [-0.2, -0.15) is 0 Å². The molecule has 0 spiro atoms. The van der Waals surface area contributed by atoms with Crippen molar-refractivity contribution in [3.05, 3.63) is 12.2 Å². The van der Waals surface area contributed by atoms with E-state index in [9.17, 15) is 9.59 Å². The molecule has 0 aliphatic rings. The Hall–Kier alpha value is -0.770. The molecule has 0 aromatic carbocycles. The standard InChI is InChI=1S/C10H17O3S/c1-5-13-10(12)9(14(3)4)7-6-8(2)11/h6-7,9H,5H2,1-4H3/q+1. The number of rotatable bonds is 5. The van der Waals surface area contributed by atoms with Gasteiger partial charge in [-0.15, -0.1) is 0 Å². The number of allylic oxidation sites excluding steroid dienone is 1. The maximum absolute atomic E-state index is 11.4. The van der Waals surface area contributed by atoms with Gasteiger partial charge in [0.05, 0.1) is 19.1 Å². The summed E-state index contributed by atoms with van der Waals surface area (Å²) in [5, 5.41) is -0.293.